The average Bonchev–Trinajstić information content (AvgIpc) is 3.11. The van der Waals surface area contributed by atoms with Crippen LogP contribution < -0.4 is 10.1 Å². The molecule has 1 aliphatic carbocycles. The van der Waals surface area contributed by atoms with Gasteiger partial charge in [-0.1, -0.05) is 12.8 Å². The number of ketones is 1. The number of hydrogen-bond donors (Lipinski definition) is 1. The smallest absolute Gasteiger partial charge is 0.198 e. The third-order valence-electron chi connectivity index (χ3n) is 3.96. The summed E-state index contributed by atoms with van der Waals surface area (Å²) in [5, 5.41) is 7.63. The Morgan fingerprint density at radius 3 is 2.81 bits per heavy atom. The third kappa shape index (κ3) is 4.28. The lowest BCUT2D eigenvalue weighted by atomic mass is 10.2. The van der Waals surface area contributed by atoms with Gasteiger partial charge in [-0.05, 0) is 26.9 Å². The maximum Gasteiger partial charge on any atom is 0.198 e. The number of hydrogen-bond acceptors (Lipinski definition) is 5. The van der Waals surface area contributed by atoms with Crippen molar-refractivity contribution in [2.45, 2.75) is 38.3 Å². The van der Waals surface area contributed by atoms with Gasteiger partial charge in [0.15, 0.2) is 11.5 Å². The largest absolute Gasteiger partial charge is 0.493 e. The number of ether oxygens (including phenoxy) is 1. The number of methoxy groups -OCH3 is 1. The number of rotatable bonds is 8. The molecular formula is C15H26N4O2. The molecule has 1 saturated carbocycles. The molecule has 0 unspecified atom stereocenters. The van der Waals surface area contributed by atoms with E-state index in [-0.39, 0.29) is 5.78 Å². The second-order valence-corrected chi connectivity index (χ2v) is 5.87. The number of likely N-dealkylation sites (N-methyl/N-ethyl adjacent to an activating group) is 1. The van der Waals surface area contributed by atoms with E-state index in [1.807, 2.05) is 14.1 Å². The first-order valence-electron chi connectivity index (χ1n) is 7.63. The second kappa shape index (κ2) is 7.56. The molecule has 0 spiro atoms. The van der Waals surface area contributed by atoms with Crippen molar-refractivity contribution < 1.29 is 9.53 Å². The van der Waals surface area contributed by atoms with E-state index in [1.54, 1.807) is 18.0 Å². The quantitative estimate of drug-likeness (QED) is 0.729. The molecule has 0 radical (unpaired) electrons. The fourth-order valence-corrected chi connectivity index (χ4v) is 2.71. The number of nitrogens with zero attached hydrogens (tertiary/aromatic N) is 3. The molecule has 0 aliphatic heterocycles. The van der Waals surface area contributed by atoms with E-state index in [1.165, 1.54) is 25.7 Å². The van der Waals surface area contributed by atoms with Gasteiger partial charge in [0, 0.05) is 12.6 Å². The van der Waals surface area contributed by atoms with E-state index in [9.17, 15) is 4.79 Å². The zero-order valence-corrected chi connectivity index (χ0v) is 13.3. The van der Waals surface area contributed by atoms with Gasteiger partial charge in [0.05, 0.1) is 26.4 Å². The van der Waals surface area contributed by atoms with Crippen molar-refractivity contribution in [1.29, 1.82) is 0 Å². The predicted octanol–water partition coefficient (Wildman–Crippen LogP) is 1.17. The Balaban J connectivity index is 2.00. The summed E-state index contributed by atoms with van der Waals surface area (Å²) in [5.74, 6) is 0.613. The number of aromatic nitrogens is 2. The molecule has 0 aromatic carbocycles. The molecule has 1 fully saturated rings. The Morgan fingerprint density at radius 1 is 1.48 bits per heavy atom. The van der Waals surface area contributed by atoms with E-state index < -0.39 is 0 Å². The standard InChI is InChI=1S/C15H26N4O2/c1-18(2)8-9-19-15(14(21-3)11-17-19)13(20)10-16-12-6-4-5-7-12/h11-12,16H,4-10H2,1-3H3. The van der Waals surface area contributed by atoms with Crippen molar-refractivity contribution in [3.63, 3.8) is 0 Å². The summed E-state index contributed by atoms with van der Waals surface area (Å²) >= 11 is 0. The summed E-state index contributed by atoms with van der Waals surface area (Å²) in [6.45, 7) is 1.87. The lowest BCUT2D eigenvalue weighted by Crippen LogP contribution is -2.33. The van der Waals surface area contributed by atoms with E-state index in [0.29, 0.717) is 30.6 Å². The molecule has 0 saturated heterocycles. The van der Waals surface area contributed by atoms with E-state index in [0.717, 1.165) is 6.54 Å². The molecule has 1 heterocycles. The summed E-state index contributed by atoms with van der Waals surface area (Å²) in [6.07, 6.45) is 6.49. The lowest BCUT2D eigenvalue weighted by Gasteiger charge is -2.14. The van der Waals surface area contributed by atoms with Gasteiger partial charge in [0.2, 0.25) is 0 Å². The van der Waals surface area contributed by atoms with Crippen LogP contribution in [0.2, 0.25) is 0 Å². The van der Waals surface area contributed by atoms with Gasteiger partial charge >= 0.3 is 0 Å². The zero-order chi connectivity index (χ0) is 15.2. The average molecular weight is 294 g/mol. The molecule has 0 amide bonds. The van der Waals surface area contributed by atoms with Crippen LogP contribution in [0.4, 0.5) is 0 Å². The number of carbonyl (C=O) groups excluding carboxylic acids is 1. The van der Waals surface area contributed by atoms with Crippen molar-refractivity contribution in [3.8, 4) is 5.75 Å². The minimum atomic E-state index is 0.0509. The maximum absolute atomic E-state index is 12.5. The zero-order valence-electron chi connectivity index (χ0n) is 13.3. The van der Waals surface area contributed by atoms with Crippen molar-refractivity contribution >= 4 is 5.78 Å². The predicted molar refractivity (Wildman–Crippen MR) is 81.9 cm³/mol. The van der Waals surface area contributed by atoms with Crippen LogP contribution >= 0.6 is 0 Å². The molecule has 1 N–H and O–H groups in total. The normalized spacial score (nSPS) is 15.8. The number of carbonyl (C=O) groups is 1. The van der Waals surface area contributed by atoms with Gasteiger partial charge in [-0.2, -0.15) is 5.10 Å². The molecule has 21 heavy (non-hydrogen) atoms. The fraction of sp³-hybridized carbons (Fsp3) is 0.733. The van der Waals surface area contributed by atoms with Crippen molar-refractivity contribution in [2.24, 2.45) is 0 Å². The highest BCUT2D eigenvalue weighted by Gasteiger charge is 2.21. The highest BCUT2D eigenvalue weighted by Crippen LogP contribution is 2.20. The molecule has 0 bridgehead atoms. The lowest BCUT2D eigenvalue weighted by molar-refractivity contribution is 0.0973. The van der Waals surface area contributed by atoms with E-state index in [4.69, 9.17) is 4.74 Å². The topological polar surface area (TPSA) is 59.4 Å². The van der Waals surface area contributed by atoms with E-state index >= 15 is 0 Å². The van der Waals surface area contributed by atoms with Gasteiger partial charge in [0.1, 0.15) is 5.69 Å². The van der Waals surface area contributed by atoms with Gasteiger partial charge < -0.3 is 15.0 Å². The molecule has 1 aliphatic rings. The van der Waals surface area contributed by atoms with Crippen LogP contribution in [0.3, 0.4) is 0 Å². The summed E-state index contributed by atoms with van der Waals surface area (Å²) in [4.78, 5) is 14.6. The Labute approximate surface area is 126 Å². The van der Waals surface area contributed by atoms with Gasteiger partial charge in [-0.3, -0.25) is 9.48 Å². The van der Waals surface area contributed by atoms with Crippen LogP contribution in [-0.4, -0.2) is 60.8 Å². The molecule has 1 aromatic heterocycles. The summed E-state index contributed by atoms with van der Waals surface area (Å²) < 4.78 is 7.03. The molecular weight excluding hydrogens is 268 g/mol. The monoisotopic (exact) mass is 294 g/mol. The minimum absolute atomic E-state index is 0.0509. The third-order valence-corrected chi connectivity index (χ3v) is 3.96. The summed E-state index contributed by atoms with van der Waals surface area (Å²) in [6, 6.07) is 0.484. The van der Waals surface area contributed by atoms with Crippen LogP contribution in [0.5, 0.6) is 5.75 Å². The van der Waals surface area contributed by atoms with Gasteiger partial charge in [0.25, 0.3) is 0 Å². The van der Waals surface area contributed by atoms with E-state index in [2.05, 4.69) is 15.3 Å². The Bertz CT molecular complexity index is 464. The van der Waals surface area contributed by atoms with Crippen LogP contribution in [-0.2, 0) is 6.54 Å². The molecule has 0 atom stereocenters. The highest BCUT2D eigenvalue weighted by molar-refractivity contribution is 5.98. The van der Waals surface area contributed by atoms with Gasteiger partial charge in [-0.25, -0.2) is 0 Å². The van der Waals surface area contributed by atoms with Crippen molar-refractivity contribution in [1.82, 2.24) is 20.0 Å². The molecule has 118 valence electrons. The number of Topliss-reactive ketones (excluding diaryl/α,β-unsaturated/α-hetero) is 1. The second-order valence-electron chi connectivity index (χ2n) is 5.87. The Hall–Kier alpha value is -1.40. The number of nitrogens with one attached hydrogen (secondary N) is 1. The molecule has 2 rings (SSSR count). The first-order valence-corrected chi connectivity index (χ1v) is 7.63. The van der Waals surface area contributed by atoms with Gasteiger partial charge in [-0.15, -0.1) is 0 Å². The highest BCUT2D eigenvalue weighted by atomic mass is 16.5. The Kier molecular flexibility index (Phi) is 5.76. The molecule has 1 aromatic rings. The minimum Gasteiger partial charge on any atom is -0.493 e. The van der Waals surface area contributed by atoms with Crippen LogP contribution in [0.1, 0.15) is 36.2 Å². The first kappa shape index (κ1) is 16.0. The van der Waals surface area contributed by atoms with Crippen LogP contribution in [0.15, 0.2) is 6.20 Å². The van der Waals surface area contributed by atoms with Crippen molar-refractivity contribution in [3.05, 3.63) is 11.9 Å². The molecule has 6 nitrogen and oxygen atoms in total. The van der Waals surface area contributed by atoms with Crippen molar-refractivity contribution in [2.75, 3.05) is 34.3 Å². The Morgan fingerprint density at radius 2 is 2.19 bits per heavy atom. The maximum atomic E-state index is 12.5. The molecule has 6 heteroatoms. The summed E-state index contributed by atoms with van der Waals surface area (Å²) in [7, 11) is 5.59. The summed E-state index contributed by atoms with van der Waals surface area (Å²) in [5.41, 5.74) is 0.574. The SMILES string of the molecule is COc1cnn(CCN(C)C)c1C(=O)CNC1CCCC1. The fourth-order valence-electron chi connectivity index (χ4n) is 2.71. The first-order chi connectivity index (χ1) is 10.1. The van der Waals surface area contributed by atoms with Crippen LogP contribution in [0.25, 0.3) is 0 Å². The van der Waals surface area contributed by atoms with Crippen LogP contribution in [0, 0.1) is 0 Å².